The minimum atomic E-state index is 0.139. The van der Waals surface area contributed by atoms with Crippen LogP contribution in [0.1, 0.15) is 20.3 Å². The lowest BCUT2D eigenvalue weighted by Crippen LogP contribution is -1.98. The molecule has 0 rings (SSSR count). The molecule has 0 heterocycles. The summed E-state index contributed by atoms with van der Waals surface area (Å²) in [6.45, 7) is 8.67. The average molecular weight is 146 g/mol. The van der Waals surface area contributed by atoms with E-state index >= 15 is 0 Å². The second-order valence-corrected chi connectivity index (χ2v) is 1.74. The summed E-state index contributed by atoms with van der Waals surface area (Å²) in [4.78, 5) is 0. The molecule has 0 bridgehead atoms. The predicted molar refractivity (Wildman–Crippen MR) is 44.1 cm³/mol. The van der Waals surface area contributed by atoms with E-state index in [1.54, 1.807) is 6.08 Å². The molecule has 0 atom stereocenters. The van der Waals surface area contributed by atoms with Gasteiger partial charge in [-0.15, -0.1) is 6.58 Å². The van der Waals surface area contributed by atoms with Gasteiger partial charge in [-0.05, 0) is 13.3 Å². The minimum absolute atomic E-state index is 0.139. The number of aliphatic hydroxyl groups is 1. The predicted octanol–water partition coefficient (Wildman–Crippen LogP) is 1.60. The smallest absolute Gasteiger partial charge is 0.0697 e. The van der Waals surface area contributed by atoms with Crippen LogP contribution in [-0.4, -0.2) is 24.9 Å². The fourth-order valence-electron chi connectivity index (χ4n) is 0.311. The Morgan fingerprint density at radius 1 is 1.50 bits per heavy atom. The van der Waals surface area contributed by atoms with E-state index in [4.69, 9.17) is 9.84 Å². The van der Waals surface area contributed by atoms with Crippen LogP contribution in [0.15, 0.2) is 12.7 Å². The van der Waals surface area contributed by atoms with Crippen molar-refractivity contribution in [3.05, 3.63) is 12.7 Å². The van der Waals surface area contributed by atoms with Gasteiger partial charge < -0.3 is 9.84 Å². The quantitative estimate of drug-likeness (QED) is 0.482. The highest BCUT2D eigenvalue weighted by Crippen LogP contribution is 1.76. The van der Waals surface area contributed by atoms with Crippen molar-refractivity contribution in [3.8, 4) is 0 Å². The Morgan fingerprint density at radius 3 is 2.30 bits per heavy atom. The molecular formula is C8H18O2. The third kappa shape index (κ3) is 25.4. The van der Waals surface area contributed by atoms with Crippen molar-refractivity contribution in [2.75, 3.05) is 19.8 Å². The van der Waals surface area contributed by atoms with E-state index in [-0.39, 0.29) is 6.61 Å². The summed E-state index contributed by atoms with van der Waals surface area (Å²) >= 11 is 0. The van der Waals surface area contributed by atoms with Crippen molar-refractivity contribution in [3.63, 3.8) is 0 Å². The highest BCUT2D eigenvalue weighted by Gasteiger charge is 1.78. The molecule has 1 N–H and O–H groups in total. The summed E-state index contributed by atoms with van der Waals surface area (Å²) in [5.41, 5.74) is 0. The molecule has 0 saturated carbocycles. The maximum absolute atomic E-state index is 8.17. The van der Waals surface area contributed by atoms with E-state index in [9.17, 15) is 0 Å². The molecule has 0 saturated heterocycles. The third-order valence-corrected chi connectivity index (χ3v) is 0.584. The standard InChI is InChI=1S/C5H12O2.C3H6/c1-2-4-7-5-3-6;1-3-2/h6H,2-5H2,1H3;3H,1H2,2H3. The molecule has 62 valence electrons. The highest BCUT2D eigenvalue weighted by atomic mass is 16.5. The zero-order chi connectivity index (χ0) is 8.24. The highest BCUT2D eigenvalue weighted by molar-refractivity contribution is 4.51. The Labute approximate surface area is 63.5 Å². The van der Waals surface area contributed by atoms with Gasteiger partial charge in [0.2, 0.25) is 0 Å². The van der Waals surface area contributed by atoms with Crippen LogP contribution in [0, 0.1) is 0 Å². The van der Waals surface area contributed by atoms with Gasteiger partial charge in [0.25, 0.3) is 0 Å². The summed E-state index contributed by atoms with van der Waals surface area (Å²) in [6.07, 6.45) is 2.78. The molecular weight excluding hydrogens is 128 g/mol. The van der Waals surface area contributed by atoms with Crippen LogP contribution in [0.3, 0.4) is 0 Å². The van der Waals surface area contributed by atoms with Crippen molar-refractivity contribution in [1.82, 2.24) is 0 Å². The molecule has 0 fully saturated rings. The van der Waals surface area contributed by atoms with Gasteiger partial charge in [-0.1, -0.05) is 13.0 Å². The van der Waals surface area contributed by atoms with Gasteiger partial charge in [0, 0.05) is 6.61 Å². The first kappa shape index (κ1) is 12.3. The maximum atomic E-state index is 8.17. The molecule has 0 aliphatic carbocycles. The SMILES string of the molecule is C=CC.CCCOCCO. The average Bonchev–Trinajstić information content (AvgIpc) is 1.91. The topological polar surface area (TPSA) is 29.5 Å². The number of hydrogen-bond acceptors (Lipinski definition) is 2. The zero-order valence-corrected chi connectivity index (χ0v) is 6.97. The van der Waals surface area contributed by atoms with Crippen LogP contribution >= 0.6 is 0 Å². The van der Waals surface area contributed by atoms with Crippen LogP contribution in [-0.2, 0) is 4.74 Å². The van der Waals surface area contributed by atoms with Crippen LogP contribution in [0.25, 0.3) is 0 Å². The molecule has 0 aromatic carbocycles. The second kappa shape index (κ2) is 15.9. The molecule has 0 radical (unpaired) electrons. The molecule has 2 nitrogen and oxygen atoms in total. The zero-order valence-electron chi connectivity index (χ0n) is 6.97. The van der Waals surface area contributed by atoms with Crippen LogP contribution in [0.5, 0.6) is 0 Å². The molecule has 0 unspecified atom stereocenters. The summed E-state index contributed by atoms with van der Waals surface area (Å²) in [7, 11) is 0. The summed E-state index contributed by atoms with van der Waals surface area (Å²) in [5.74, 6) is 0. The van der Waals surface area contributed by atoms with Gasteiger partial charge in [-0.25, -0.2) is 0 Å². The van der Waals surface area contributed by atoms with Gasteiger partial charge in [0.15, 0.2) is 0 Å². The van der Waals surface area contributed by atoms with E-state index in [1.807, 2.05) is 13.8 Å². The molecule has 0 amide bonds. The first-order valence-electron chi connectivity index (χ1n) is 3.59. The van der Waals surface area contributed by atoms with Crippen molar-refractivity contribution in [1.29, 1.82) is 0 Å². The van der Waals surface area contributed by atoms with Crippen molar-refractivity contribution < 1.29 is 9.84 Å². The monoisotopic (exact) mass is 146 g/mol. The third-order valence-electron chi connectivity index (χ3n) is 0.584. The lowest BCUT2D eigenvalue weighted by Gasteiger charge is -1.94. The van der Waals surface area contributed by atoms with Gasteiger partial charge in [0.1, 0.15) is 0 Å². The van der Waals surface area contributed by atoms with Gasteiger partial charge >= 0.3 is 0 Å². The summed E-state index contributed by atoms with van der Waals surface area (Å²) in [6, 6.07) is 0. The van der Waals surface area contributed by atoms with E-state index in [0.29, 0.717) is 6.61 Å². The fraction of sp³-hybridized carbons (Fsp3) is 0.750. The van der Waals surface area contributed by atoms with E-state index in [0.717, 1.165) is 13.0 Å². The molecule has 0 aliphatic heterocycles. The number of allylic oxidation sites excluding steroid dienone is 1. The lowest BCUT2D eigenvalue weighted by molar-refractivity contribution is 0.0928. The maximum Gasteiger partial charge on any atom is 0.0697 e. The van der Waals surface area contributed by atoms with Crippen molar-refractivity contribution >= 4 is 0 Å². The molecule has 2 heteroatoms. The van der Waals surface area contributed by atoms with Crippen molar-refractivity contribution in [2.24, 2.45) is 0 Å². The Kier molecular flexibility index (Phi) is 19.6. The first-order valence-corrected chi connectivity index (χ1v) is 3.59. The Hall–Kier alpha value is -0.340. The van der Waals surface area contributed by atoms with Crippen LogP contribution < -0.4 is 0 Å². The molecule has 0 aromatic heterocycles. The normalized spacial score (nSPS) is 7.90. The molecule has 0 aromatic rings. The Bertz CT molecular complexity index is 49.2. The fourth-order valence-corrected chi connectivity index (χ4v) is 0.311. The second-order valence-electron chi connectivity index (χ2n) is 1.74. The van der Waals surface area contributed by atoms with E-state index in [1.165, 1.54) is 0 Å². The number of aliphatic hydroxyl groups excluding tert-OH is 1. The lowest BCUT2D eigenvalue weighted by atomic mass is 10.5. The summed E-state index contributed by atoms with van der Waals surface area (Å²) in [5, 5.41) is 8.17. The molecule has 10 heavy (non-hydrogen) atoms. The number of rotatable bonds is 4. The van der Waals surface area contributed by atoms with Crippen molar-refractivity contribution in [2.45, 2.75) is 20.3 Å². The summed E-state index contributed by atoms with van der Waals surface area (Å²) < 4.78 is 4.88. The first-order chi connectivity index (χ1) is 4.83. The van der Waals surface area contributed by atoms with Crippen LogP contribution in [0.2, 0.25) is 0 Å². The van der Waals surface area contributed by atoms with E-state index < -0.39 is 0 Å². The van der Waals surface area contributed by atoms with Gasteiger partial charge in [0.05, 0.1) is 13.2 Å². The number of hydrogen-bond donors (Lipinski definition) is 1. The van der Waals surface area contributed by atoms with Gasteiger partial charge in [-0.2, -0.15) is 0 Å². The van der Waals surface area contributed by atoms with Crippen LogP contribution in [0.4, 0.5) is 0 Å². The van der Waals surface area contributed by atoms with Gasteiger partial charge in [-0.3, -0.25) is 0 Å². The number of ether oxygens (including phenoxy) is 1. The largest absolute Gasteiger partial charge is 0.394 e. The Morgan fingerprint density at radius 2 is 2.00 bits per heavy atom. The minimum Gasteiger partial charge on any atom is -0.394 e. The molecule has 0 spiro atoms. The van der Waals surface area contributed by atoms with E-state index in [2.05, 4.69) is 6.58 Å². The Balaban J connectivity index is 0. The molecule has 0 aliphatic rings.